The molecule has 0 rings (SSSR count). The van der Waals surface area contributed by atoms with Crippen molar-refractivity contribution in [2.45, 2.75) is 335 Å². The van der Waals surface area contributed by atoms with Crippen LogP contribution in [0.1, 0.15) is 317 Å². The Hall–Kier alpha value is -1.94. The summed E-state index contributed by atoms with van der Waals surface area (Å²) in [5.74, 6) is -1.34. The van der Waals surface area contributed by atoms with E-state index in [1.807, 2.05) is 0 Å². The number of carbonyl (C=O) groups is 4. The third kappa shape index (κ3) is 57.2. The van der Waals surface area contributed by atoms with Gasteiger partial charge in [-0.05, 0) is 31.6 Å². The maximum absolute atomic E-state index is 13.0. The van der Waals surface area contributed by atoms with Crippen LogP contribution in [0, 0.1) is 5.92 Å². The van der Waals surface area contributed by atoms with Crippen molar-refractivity contribution in [3.63, 3.8) is 0 Å². The number of carbonyl (C=O) groups excluding carboxylic acids is 4. The molecule has 0 amide bonds. The lowest BCUT2D eigenvalue weighted by Gasteiger charge is -2.21. The van der Waals surface area contributed by atoms with Crippen molar-refractivity contribution in [1.82, 2.24) is 0 Å². The van der Waals surface area contributed by atoms with E-state index in [1.54, 1.807) is 0 Å². The number of phosphoric ester groups is 2. The summed E-state index contributed by atoms with van der Waals surface area (Å²) in [5.41, 5.74) is 0. The van der Waals surface area contributed by atoms with Gasteiger partial charge in [0.1, 0.15) is 19.3 Å². The Bertz CT molecular complexity index is 1600. The van der Waals surface area contributed by atoms with Crippen molar-refractivity contribution in [1.29, 1.82) is 0 Å². The number of aliphatic hydroxyl groups excluding tert-OH is 1. The second kappa shape index (κ2) is 56.8. The Labute approximate surface area is 498 Å². The van der Waals surface area contributed by atoms with Crippen molar-refractivity contribution in [3.8, 4) is 0 Å². The van der Waals surface area contributed by atoms with Crippen LogP contribution in [0.3, 0.4) is 0 Å². The summed E-state index contributed by atoms with van der Waals surface area (Å²) in [5, 5.41) is 10.5. The molecule has 0 heterocycles. The van der Waals surface area contributed by atoms with Crippen molar-refractivity contribution in [3.05, 3.63) is 0 Å². The summed E-state index contributed by atoms with van der Waals surface area (Å²) in [7, 11) is -9.87. The van der Waals surface area contributed by atoms with Crippen LogP contribution < -0.4 is 0 Å². The third-order valence-electron chi connectivity index (χ3n) is 14.5. The van der Waals surface area contributed by atoms with Crippen molar-refractivity contribution < 1.29 is 80.2 Å². The Kier molecular flexibility index (Phi) is 55.5. The van der Waals surface area contributed by atoms with E-state index in [1.165, 1.54) is 135 Å². The van der Waals surface area contributed by atoms with Crippen molar-refractivity contribution in [2.24, 2.45) is 5.92 Å². The van der Waals surface area contributed by atoms with E-state index < -0.39 is 97.5 Å². The summed E-state index contributed by atoms with van der Waals surface area (Å²) < 4.78 is 67.7. The van der Waals surface area contributed by atoms with E-state index in [9.17, 15) is 43.2 Å². The van der Waals surface area contributed by atoms with Crippen LogP contribution in [0.5, 0.6) is 0 Å². The van der Waals surface area contributed by atoms with E-state index in [2.05, 4.69) is 34.6 Å². The smallest absolute Gasteiger partial charge is 0.462 e. The van der Waals surface area contributed by atoms with E-state index in [0.29, 0.717) is 25.7 Å². The van der Waals surface area contributed by atoms with Gasteiger partial charge < -0.3 is 33.8 Å². The first-order valence-corrected chi connectivity index (χ1v) is 36.1. The first-order valence-electron chi connectivity index (χ1n) is 33.1. The molecule has 5 atom stereocenters. The molecular formula is C63H122O17P2. The number of esters is 4. The maximum Gasteiger partial charge on any atom is 0.472 e. The first-order chi connectivity index (χ1) is 39.5. The predicted octanol–water partition coefficient (Wildman–Crippen LogP) is 17.4. The van der Waals surface area contributed by atoms with E-state index >= 15 is 0 Å². The molecule has 0 aliphatic rings. The van der Waals surface area contributed by atoms with Gasteiger partial charge in [-0.25, -0.2) is 9.13 Å². The number of hydrogen-bond acceptors (Lipinski definition) is 15. The Morgan fingerprint density at radius 3 is 0.829 bits per heavy atom. The van der Waals surface area contributed by atoms with Crippen molar-refractivity contribution >= 4 is 39.5 Å². The molecule has 0 radical (unpaired) electrons. The zero-order chi connectivity index (χ0) is 60.6. The van der Waals surface area contributed by atoms with Gasteiger partial charge >= 0.3 is 39.5 Å². The average Bonchev–Trinajstić information content (AvgIpc) is 3.46. The van der Waals surface area contributed by atoms with Crippen LogP contribution >= 0.6 is 15.6 Å². The average molecular weight is 1210 g/mol. The van der Waals surface area contributed by atoms with Gasteiger partial charge in [-0.15, -0.1) is 0 Å². The highest BCUT2D eigenvalue weighted by Crippen LogP contribution is 2.45. The summed E-state index contributed by atoms with van der Waals surface area (Å²) in [6, 6.07) is 0. The van der Waals surface area contributed by atoms with Gasteiger partial charge in [-0.1, -0.05) is 266 Å². The molecule has 19 heteroatoms. The predicted molar refractivity (Wildman–Crippen MR) is 326 cm³/mol. The van der Waals surface area contributed by atoms with E-state index in [4.69, 9.17) is 37.0 Å². The molecule has 0 aromatic heterocycles. The lowest BCUT2D eigenvalue weighted by atomic mass is 10.0. The van der Waals surface area contributed by atoms with Gasteiger partial charge in [0.15, 0.2) is 12.2 Å². The van der Waals surface area contributed by atoms with Crippen LogP contribution in [0.2, 0.25) is 0 Å². The van der Waals surface area contributed by atoms with Crippen LogP contribution in [0.4, 0.5) is 0 Å². The standard InChI is InChI=1S/C63H122O17P2/c1-6-9-12-15-17-27-32-37-42-47-61(66)74-53-59(80-63(68)49-44-39-34-30-26-24-22-20-19-21-23-25-29-31-36-40-45-56(4)5)55-78-82(71,72)76-51-57(64)50-75-81(69,70)77-54-58(52-73-60(65)46-41-35-14-11-8-3)79-62(67)48-43-38-33-28-18-16-13-10-7-2/h56-59,64H,6-55H2,1-5H3,(H,69,70)(H,71,72)/t57-,58+,59+/m0/s1. The van der Waals surface area contributed by atoms with Gasteiger partial charge in [0.2, 0.25) is 0 Å². The normalized spacial score (nSPS) is 14.3. The van der Waals surface area contributed by atoms with Crippen LogP contribution in [0.15, 0.2) is 0 Å². The largest absolute Gasteiger partial charge is 0.472 e. The minimum absolute atomic E-state index is 0.105. The third-order valence-corrected chi connectivity index (χ3v) is 16.4. The SMILES string of the molecule is CCCCCCCCCCCC(=O)OC[C@H](COP(=O)(O)OC[C@@H](O)COP(=O)(O)OC[C@@H](COC(=O)CCCCCCC)OC(=O)CCCCCCCCCCC)OC(=O)CCCCCCCCCCCCCCCCCCC(C)C. The number of hydrogen-bond donors (Lipinski definition) is 3. The topological polar surface area (TPSA) is 237 Å². The molecule has 0 aromatic carbocycles. The summed E-state index contributed by atoms with van der Waals surface area (Å²) >= 11 is 0. The Morgan fingerprint density at radius 2 is 0.561 bits per heavy atom. The van der Waals surface area contributed by atoms with Crippen molar-refractivity contribution in [2.75, 3.05) is 39.6 Å². The van der Waals surface area contributed by atoms with Crippen LogP contribution in [-0.4, -0.2) is 96.7 Å². The lowest BCUT2D eigenvalue weighted by molar-refractivity contribution is -0.161. The zero-order valence-corrected chi connectivity index (χ0v) is 54.4. The summed E-state index contributed by atoms with van der Waals surface area (Å²) in [6.45, 7) is 7.10. The molecule has 0 aliphatic carbocycles. The summed E-state index contributed by atoms with van der Waals surface area (Å²) in [6.07, 6.45) is 40.8. The van der Waals surface area contributed by atoms with E-state index in [-0.39, 0.29) is 25.7 Å². The molecule has 82 heavy (non-hydrogen) atoms. The molecule has 0 aliphatic heterocycles. The van der Waals surface area contributed by atoms with Gasteiger partial charge in [0, 0.05) is 25.7 Å². The van der Waals surface area contributed by atoms with Crippen LogP contribution in [0.25, 0.3) is 0 Å². The monoisotopic (exact) mass is 1210 g/mol. The zero-order valence-electron chi connectivity index (χ0n) is 52.6. The molecule has 0 saturated heterocycles. The molecule has 17 nitrogen and oxygen atoms in total. The minimum Gasteiger partial charge on any atom is -0.462 e. The highest BCUT2D eigenvalue weighted by atomic mass is 31.2. The highest BCUT2D eigenvalue weighted by molar-refractivity contribution is 7.47. The molecule has 486 valence electrons. The molecular weight excluding hydrogens is 1090 g/mol. The lowest BCUT2D eigenvalue weighted by Crippen LogP contribution is -2.30. The fourth-order valence-corrected chi connectivity index (χ4v) is 11.0. The quantitative estimate of drug-likeness (QED) is 0.0222. The summed E-state index contributed by atoms with van der Waals surface area (Å²) in [4.78, 5) is 71.8. The molecule has 0 spiro atoms. The van der Waals surface area contributed by atoms with Crippen LogP contribution in [-0.2, 0) is 65.4 Å². The molecule has 0 fully saturated rings. The number of aliphatic hydroxyl groups is 1. The molecule has 0 saturated carbocycles. The van der Waals surface area contributed by atoms with Gasteiger partial charge in [-0.3, -0.25) is 37.3 Å². The Balaban J connectivity index is 5.09. The molecule has 2 unspecified atom stereocenters. The highest BCUT2D eigenvalue weighted by Gasteiger charge is 2.30. The fraction of sp³-hybridized carbons (Fsp3) is 0.937. The number of unbranched alkanes of at least 4 members (excludes halogenated alkanes) is 35. The van der Waals surface area contributed by atoms with Gasteiger partial charge in [-0.2, -0.15) is 0 Å². The fourth-order valence-electron chi connectivity index (χ4n) is 9.41. The molecule has 0 bridgehead atoms. The molecule has 0 aromatic rings. The maximum atomic E-state index is 13.0. The van der Waals surface area contributed by atoms with Gasteiger partial charge in [0.25, 0.3) is 0 Å². The number of phosphoric acid groups is 2. The number of rotatable bonds is 63. The molecule has 3 N–H and O–H groups in total. The minimum atomic E-state index is -4.94. The second-order valence-corrected chi connectivity index (χ2v) is 26.2. The second-order valence-electron chi connectivity index (χ2n) is 23.3. The van der Waals surface area contributed by atoms with Gasteiger partial charge in [0.05, 0.1) is 26.4 Å². The number of ether oxygens (including phenoxy) is 4. The Morgan fingerprint density at radius 1 is 0.329 bits per heavy atom. The first kappa shape index (κ1) is 80.1. The van der Waals surface area contributed by atoms with E-state index in [0.717, 1.165) is 102 Å².